The molecule has 2 aromatic rings. The minimum Gasteiger partial charge on any atom is -0.362 e. The van der Waals surface area contributed by atoms with Crippen molar-refractivity contribution in [3.63, 3.8) is 0 Å². The average Bonchev–Trinajstić information content (AvgIpc) is 2.78. The second-order valence-corrected chi connectivity index (χ2v) is 6.38. The van der Waals surface area contributed by atoms with E-state index in [1.54, 1.807) is 6.33 Å². The van der Waals surface area contributed by atoms with E-state index in [4.69, 9.17) is 4.99 Å². The molecule has 4 nitrogen and oxygen atoms in total. The molecule has 120 valence electrons. The first-order valence-electron chi connectivity index (χ1n) is 8.31. The molecule has 1 aromatic heterocycles. The number of amidine groups is 1. The molecule has 3 rings (SSSR count). The second kappa shape index (κ2) is 6.90. The Labute approximate surface area is 138 Å². The predicted octanol–water partition coefficient (Wildman–Crippen LogP) is 3.69. The smallest absolute Gasteiger partial charge is 0.161 e. The predicted molar refractivity (Wildman–Crippen MR) is 94.4 cm³/mol. The number of aromatic nitrogens is 2. The Bertz CT molecular complexity index is 719. The number of hydrogen-bond donors (Lipinski definition) is 0. The summed E-state index contributed by atoms with van der Waals surface area (Å²) in [5.74, 6) is 1.78. The van der Waals surface area contributed by atoms with Crippen LogP contribution in [0.3, 0.4) is 0 Å². The zero-order valence-corrected chi connectivity index (χ0v) is 14.2. The zero-order chi connectivity index (χ0) is 16.2. The Morgan fingerprint density at radius 3 is 2.70 bits per heavy atom. The average molecular weight is 308 g/mol. The Balaban J connectivity index is 2.07. The van der Waals surface area contributed by atoms with Crippen LogP contribution in [0.1, 0.15) is 41.6 Å². The highest BCUT2D eigenvalue weighted by Gasteiger charge is 2.15. The van der Waals surface area contributed by atoms with Crippen molar-refractivity contribution in [3.05, 3.63) is 53.0 Å². The van der Waals surface area contributed by atoms with Crippen LogP contribution in [0, 0.1) is 6.92 Å². The number of aryl methyl sites for hydroxylation is 2. The molecule has 0 fully saturated rings. The molecule has 0 radical (unpaired) electrons. The largest absolute Gasteiger partial charge is 0.362 e. The van der Waals surface area contributed by atoms with Crippen LogP contribution in [0.2, 0.25) is 0 Å². The second-order valence-electron chi connectivity index (χ2n) is 6.38. The molecule has 0 saturated heterocycles. The van der Waals surface area contributed by atoms with Gasteiger partial charge in [0.05, 0.1) is 0 Å². The topological polar surface area (TPSA) is 41.4 Å². The Hall–Kier alpha value is -2.23. The fourth-order valence-electron chi connectivity index (χ4n) is 3.08. The molecule has 0 aliphatic heterocycles. The molecule has 1 aromatic carbocycles. The number of fused-ring (bicyclic) bond motifs is 1. The maximum atomic E-state index is 4.92. The molecule has 0 unspecified atom stereocenters. The summed E-state index contributed by atoms with van der Waals surface area (Å²) in [4.78, 5) is 15.9. The van der Waals surface area contributed by atoms with E-state index < -0.39 is 0 Å². The molecule has 23 heavy (non-hydrogen) atoms. The maximum Gasteiger partial charge on any atom is 0.161 e. The van der Waals surface area contributed by atoms with Gasteiger partial charge in [-0.05, 0) is 38.7 Å². The number of aliphatic imine (C=N–C) groups is 1. The SMILES string of the molecule is Cc1cccc(C(=Nc2ncnc3c2CCCCC3)N(C)C)c1. The molecular weight excluding hydrogens is 284 g/mol. The first-order valence-corrected chi connectivity index (χ1v) is 8.31. The van der Waals surface area contributed by atoms with Gasteiger partial charge in [0.25, 0.3) is 0 Å². The molecule has 0 bridgehead atoms. The van der Waals surface area contributed by atoms with E-state index in [0.717, 1.165) is 30.1 Å². The highest BCUT2D eigenvalue weighted by molar-refractivity contribution is 6.00. The van der Waals surface area contributed by atoms with Gasteiger partial charge in [-0.1, -0.05) is 30.2 Å². The summed E-state index contributed by atoms with van der Waals surface area (Å²) >= 11 is 0. The van der Waals surface area contributed by atoms with Crippen molar-refractivity contribution >= 4 is 11.7 Å². The summed E-state index contributed by atoms with van der Waals surface area (Å²) < 4.78 is 0. The number of rotatable bonds is 2. The van der Waals surface area contributed by atoms with Gasteiger partial charge in [0, 0.05) is 30.9 Å². The lowest BCUT2D eigenvalue weighted by molar-refractivity contribution is 0.623. The van der Waals surface area contributed by atoms with Crippen LogP contribution in [0.4, 0.5) is 5.82 Å². The van der Waals surface area contributed by atoms with Gasteiger partial charge in [-0.2, -0.15) is 0 Å². The normalized spacial score (nSPS) is 15.0. The van der Waals surface area contributed by atoms with Gasteiger partial charge in [-0.3, -0.25) is 0 Å². The Morgan fingerprint density at radius 2 is 1.91 bits per heavy atom. The lowest BCUT2D eigenvalue weighted by atomic mass is 10.1. The summed E-state index contributed by atoms with van der Waals surface area (Å²) in [5.41, 5.74) is 4.77. The lowest BCUT2D eigenvalue weighted by Crippen LogP contribution is -2.23. The van der Waals surface area contributed by atoms with Crippen molar-refractivity contribution < 1.29 is 0 Å². The van der Waals surface area contributed by atoms with Gasteiger partial charge in [0.2, 0.25) is 0 Å². The van der Waals surface area contributed by atoms with Crippen molar-refractivity contribution in [2.45, 2.75) is 39.0 Å². The molecule has 1 heterocycles. The van der Waals surface area contributed by atoms with Crippen molar-refractivity contribution in [3.8, 4) is 0 Å². The lowest BCUT2D eigenvalue weighted by Gasteiger charge is -2.17. The highest BCUT2D eigenvalue weighted by atomic mass is 15.2. The van der Waals surface area contributed by atoms with Crippen LogP contribution in [0.15, 0.2) is 35.6 Å². The van der Waals surface area contributed by atoms with E-state index in [1.807, 2.05) is 14.1 Å². The molecule has 0 spiro atoms. The van der Waals surface area contributed by atoms with Crippen molar-refractivity contribution in [1.29, 1.82) is 0 Å². The Morgan fingerprint density at radius 1 is 1.09 bits per heavy atom. The summed E-state index contributed by atoms with van der Waals surface area (Å²) in [5, 5.41) is 0. The van der Waals surface area contributed by atoms with Crippen LogP contribution >= 0.6 is 0 Å². The first-order chi connectivity index (χ1) is 11.1. The quantitative estimate of drug-likeness (QED) is 0.482. The Kier molecular flexibility index (Phi) is 4.70. The third kappa shape index (κ3) is 3.58. The first kappa shape index (κ1) is 15.7. The number of nitrogens with zero attached hydrogens (tertiary/aromatic N) is 4. The molecule has 0 amide bonds. The van der Waals surface area contributed by atoms with E-state index in [0.29, 0.717) is 0 Å². The van der Waals surface area contributed by atoms with Crippen molar-refractivity contribution in [2.24, 2.45) is 4.99 Å². The van der Waals surface area contributed by atoms with E-state index in [2.05, 4.69) is 46.1 Å². The van der Waals surface area contributed by atoms with Gasteiger partial charge in [0.15, 0.2) is 5.82 Å². The van der Waals surface area contributed by atoms with Crippen LogP contribution < -0.4 is 0 Å². The maximum absolute atomic E-state index is 4.92. The highest BCUT2D eigenvalue weighted by Crippen LogP contribution is 2.26. The van der Waals surface area contributed by atoms with Gasteiger partial charge in [0.1, 0.15) is 12.2 Å². The third-order valence-electron chi connectivity index (χ3n) is 4.26. The monoisotopic (exact) mass is 308 g/mol. The minimum atomic E-state index is 0.835. The van der Waals surface area contributed by atoms with E-state index in [1.165, 1.54) is 36.1 Å². The standard InChI is InChI=1S/C19H24N4/c1-14-8-7-9-15(12-14)19(23(2)3)22-18-16-10-5-4-6-11-17(16)20-13-21-18/h7-9,12-13H,4-6,10-11H2,1-3H3. The third-order valence-corrected chi connectivity index (χ3v) is 4.26. The van der Waals surface area contributed by atoms with Gasteiger partial charge in [-0.15, -0.1) is 0 Å². The summed E-state index contributed by atoms with van der Waals surface area (Å²) in [6, 6.07) is 8.45. The molecule has 0 N–H and O–H groups in total. The minimum absolute atomic E-state index is 0.835. The molecular formula is C19H24N4. The molecule has 4 heteroatoms. The van der Waals surface area contributed by atoms with Gasteiger partial charge >= 0.3 is 0 Å². The summed E-state index contributed by atoms with van der Waals surface area (Å²) in [6.07, 6.45) is 7.41. The fraction of sp³-hybridized carbons (Fsp3) is 0.421. The van der Waals surface area contributed by atoms with Crippen LogP contribution in [0.5, 0.6) is 0 Å². The molecule has 0 saturated carbocycles. The van der Waals surface area contributed by atoms with Gasteiger partial charge < -0.3 is 4.90 Å². The number of hydrogen-bond acceptors (Lipinski definition) is 3. The summed E-state index contributed by atoms with van der Waals surface area (Å²) in [7, 11) is 4.06. The van der Waals surface area contributed by atoms with Crippen molar-refractivity contribution in [1.82, 2.24) is 14.9 Å². The van der Waals surface area contributed by atoms with E-state index in [-0.39, 0.29) is 0 Å². The number of benzene rings is 1. The zero-order valence-electron chi connectivity index (χ0n) is 14.2. The van der Waals surface area contributed by atoms with E-state index in [9.17, 15) is 0 Å². The summed E-state index contributed by atoms with van der Waals surface area (Å²) in [6.45, 7) is 2.10. The fourth-order valence-corrected chi connectivity index (χ4v) is 3.08. The molecule has 1 aliphatic carbocycles. The van der Waals surface area contributed by atoms with Crippen molar-refractivity contribution in [2.75, 3.05) is 14.1 Å². The van der Waals surface area contributed by atoms with Crippen LogP contribution in [-0.4, -0.2) is 34.8 Å². The van der Waals surface area contributed by atoms with Crippen LogP contribution in [0.25, 0.3) is 0 Å². The van der Waals surface area contributed by atoms with E-state index >= 15 is 0 Å². The van der Waals surface area contributed by atoms with Crippen LogP contribution in [-0.2, 0) is 12.8 Å². The molecule has 1 aliphatic rings. The molecule has 0 atom stereocenters. The van der Waals surface area contributed by atoms with Gasteiger partial charge in [-0.25, -0.2) is 15.0 Å².